The predicted octanol–water partition coefficient (Wildman–Crippen LogP) is 4.59. The van der Waals surface area contributed by atoms with Gasteiger partial charge >= 0.3 is 0 Å². The normalized spacial score (nSPS) is 21.3. The molecule has 1 aliphatic heterocycles. The zero-order valence-corrected chi connectivity index (χ0v) is 12.9. The van der Waals surface area contributed by atoms with Crippen LogP contribution in [0.1, 0.15) is 31.2 Å². The maximum atomic E-state index is 4.93. The minimum Gasteiger partial charge on any atom is -0.335 e. The number of nitrogens with one attached hydrogen (secondary N) is 1. The Hall–Kier alpha value is -0.480. The highest BCUT2D eigenvalue weighted by Gasteiger charge is 2.38. The molecule has 4 heteroatoms. The summed E-state index contributed by atoms with van der Waals surface area (Å²) in [6.07, 6.45) is 5.22. The average molecular weight is 325 g/mol. The summed E-state index contributed by atoms with van der Waals surface area (Å²) in [6, 6.07) is 6.32. The number of aliphatic imine (C=N–C) groups is 1. The smallest absolute Gasteiger partial charge is 0.161 e. The fourth-order valence-electron chi connectivity index (χ4n) is 2.72. The third-order valence-electron chi connectivity index (χ3n) is 3.78. The van der Waals surface area contributed by atoms with Crippen molar-refractivity contribution < 1.29 is 0 Å². The van der Waals surface area contributed by atoms with Crippen molar-refractivity contribution in [3.63, 3.8) is 0 Å². The first-order chi connectivity index (χ1) is 8.67. The summed E-state index contributed by atoms with van der Waals surface area (Å²) in [7, 11) is 0. The second-order valence-electron chi connectivity index (χ2n) is 5.22. The minimum atomic E-state index is 0.260. The van der Waals surface area contributed by atoms with Gasteiger partial charge in [-0.05, 0) is 43.5 Å². The van der Waals surface area contributed by atoms with E-state index in [1.165, 1.54) is 36.9 Å². The van der Waals surface area contributed by atoms with Crippen LogP contribution in [0.15, 0.2) is 27.7 Å². The quantitative estimate of drug-likeness (QED) is 0.817. The van der Waals surface area contributed by atoms with E-state index in [0.717, 1.165) is 15.4 Å². The van der Waals surface area contributed by atoms with Crippen molar-refractivity contribution in [3.05, 3.63) is 28.2 Å². The van der Waals surface area contributed by atoms with Crippen LogP contribution in [0.5, 0.6) is 0 Å². The highest BCUT2D eigenvalue weighted by molar-refractivity contribution is 9.10. The summed E-state index contributed by atoms with van der Waals surface area (Å²) in [6.45, 7) is 2.12. The van der Waals surface area contributed by atoms with Gasteiger partial charge < -0.3 is 5.32 Å². The molecule has 0 atom stereocenters. The lowest BCUT2D eigenvalue weighted by Gasteiger charge is -2.16. The van der Waals surface area contributed by atoms with Crippen LogP contribution >= 0.6 is 27.7 Å². The van der Waals surface area contributed by atoms with Gasteiger partial charge in [-0.1, -0.05) is 40.5 Å². The molecule has 0 saturated heterocycles. The number of aryl methyl sites for hydroxylation is 1. The van der Waals surface area contributed by atoms with Gasteiger partial charge in [0.2, 0.25) is 0 Å². The van der Waals surface area contributed by atoms with Gasteiger partial charge in [-0.15, -0.1) is 0 Å². The third-order valence-corrected chi connectivity index (χ3v) is 5.42. The van der Waals surface area contributed by atoms with Gasteiger partial charge in [-0.2, -0.15) is 0 Å². The van der Waals surface area contributed by atoms with Crippen LogP contribution in [-0.2, 0) is 0 Å². The molecule has 3 rings (SSSR count). The Balaban J connectivity index is 1.77. The number of halogens is 1. The van der Waals surface area contributed by atoms with Crippen molar-refractivity contribution in [2.45, 2.75) is 38.1 Å². The molecule has 1 aliphatic carbocycles. The standard InChI is InChI=1S/C14H17BrN2S/c1-10-8-11(15)4-5-12(10)16-13-17-14(9-18-13)6-2-3-7-14/h4-5,8H,2-3,6-7,9H2,1H3,(H,16,17). The van der Waals surface area contributed by atoms with E-state index in [0.29, 0.717) is 0 Å². The average Bonchev–Trinajstić information content (AvgIpc) is 2.94. The first-order valence-electron chi connectivity index (χ1n) is 6.43. The first-order valence-corrected chi connectivity index (χ1v) is 8.21. The predicted molar refractivity (Wildman–Crippen MR) is 83.6 cm³/mol. The van der Waals surface area contributed by atoms with E-state index < -0.39 is 0 Å². The summed E-state index contributed by atoms with van der Waals surface area (Å²) in [4.78, 5) is 4.93. The van der Waals surface area contributed by atoms with Gasteiger partial charge in [-0.25, -0.2) is 0 Å². The molecule has 1 fully saturated rings. The molecular formula is C14H17BrN2S. The number of amidine groups is 1. The van der Waals surface area contributed by atoms with Crippen molar-refractivity contribution in [2.24, 2.45) is 4.99 Å². The molecule has 2 nitrogen and oxygen atoms in total. The first kappa shape index (κ1) is 12.5. The fourth-order valence-corrected chi connectivity index (χ4v) is 4.39. The molecule has 1 N–H and O–H groups in total. The maximum Gasteiger partial charge on any atom is 0.161 e. The summed E-state index contributed by atoms with van der Waals surface area (Å²) >= 11 is 5.37. The Morgan fingerprint density at radius 3 is 2.83 bits per heavy atom. The Morgan fingerprint density at radius 2 is 2.11 bits per heavy atom. The molecule has 0 radical (unpaired) electrons. The van der Waals surface area contributed by atoms with E-state index in [1.54, 1.807) is 0 Å². The number of hydrogen-bond acceptors (Lipinski definition) is 3. The molecule has 18 heavy (non-hydrogen) atoms. The van der Waals surface area contributed by atoms with Crippen molar-refractivity contribution in [2.75, 3.05) is 11.1 Å². The summed E-state index contributed by atoms with van der Waals surface area (Å²) in [5.41, 5.74) is 2.68. The lowest BCUT2D eigenvalue weighted by Crippen LogP contribution is -2.21. The van der Waals surface area contributed by atoms with E-state index in [-0.39, 0.29) is 5.54 Å². The SMILES string of the molecule is Cc1cc(Br)ccc1NC1=NC2(CCCC2)CS1. The van der Waals surface area contributed by atoms with Gasteiger partial charge in [0.05, 0.1) is 5.54 Å². The molecule has 2 aliphatic rings. The van der Waals surface area contributed by atoms with Crippen LogP contribution in [0, 0.1) is 6.92 Å². The summed E-state index contributed by atoms with van der Waals surface area (Å²) in [5.74, 6) is 1.16. The topological polar surface area (TPSA) is 24.4 Å². The van der Waals surface area contributed by atoms with E-state index in [2.05, 4.69) is 46.4 Å². The number of nitrogens with zero attached hydrogens (tertiary/aromatic N) is 1. The van der Waals surface area contributed by atoms with Crippen LogP contribution < -0.4 is 5.32 Å². The van der Waals surface area contributed by atoms with Gasteiger partial charge in [0, 0.05) is 15.9 Å². The van der Waals surface area contributed by atoms with E-state index in [1.807, 2.05) is 11.8 Å². The second-order valence-corrected chi connectivity index (χ2v) is 7.10. The van der Waals surface area contributed by atoms with Gasteiger partial charge in [0.1, 0.15) is 0 Å². The van der Waals surface area contributed by atoms with E-state index in [9.17, 15) is 0 Å². The summed E-state index contributed by atoms with van der Waals surface area (Å²) in [5, 5.41) is 4.58. The molecule has 96 valence electrons. The maximum absolute atomic E-state index is 4.93. The molecule has 0 amide bonds. The molecule has 1 heterocycles. The number of benzene rings is 1. The van der Waals surface area contributed by atoms with Gasteiger partial charge in [-0.3, -0.25) is 4.99 Å². The molecule has 1 saturated carbocycles. The largest absolute Gasteiger partial charge is 0.335 e. The van der Waals surface area contributed by atoms with Crippen LogP contribution in [0.3, 0.4) is 0 Å². The fraction of sp³-hybridized carbons (Fsp3) is 0.500. The van der Waals surface area contributed by atoms with E-state index >= 15 is 0 Å². The molecule has 0 unspecified atom stereocenters. The third kappa shape index (κ3) is 2.45. The van der Waals surface area contributed by atoms with Crippen molar-refractivity contribution in [1.29, 1.82) is 0 Å². The monoisotopic (exact) mass is 324 g/mol. The highest BCUT2D eigenvalue weighted by atomic mass is 79.9. The number of thioether (sulfide) groups is 1. The van der Waals surface area contributed by atoms with Gasteiger partial charge in [0.25, 0.3) is 0 Å². The molecule has 1 aromatic rings. The molecular weight excluding hydrogens is 308 g/mol. The Morgan fingerprint density at radius 1 is 1.33 bits per heavy atom. The van der Waals surface area contributed by atoms with Crippen molar-refractivity contribution in [3.8, 4) is 0 Å². The lowest BCUT2D eigenvalue weighted by molar-refractivity contribution is 0.508. The van der Waals surface area contributed by atoms with E-state index in [4.69, 9.17) is 4.99 Å². The van der Waals surface area contributed by atoms with Crippen LogP contribution in [0.4, 0.5) is 5.69 Å². The molecule has 1 spiro atoms. The summed E-state index contributed by atoms with van der Waals surface area (Å²) < 4.78 is 1.12. The second kappa shape index (κ2) is 4.89. The number of hydrogen-bond donors (Lipinski definition) is 1. The van der Waals surface area contributed by atoms with Crippen molar-refractivity contribution in [1.82, 2.24) is 0 Å². The van der Waals surface area contributed by atoms with Crippen LogP contribution in [0.2, 0.25) is 0 Å². The van der Waals surface area contributed by atoms with Crippen LogP contribution in [-0.4, -0.2) is 16.5 Å². The minimum absolute atomic E-state index is 0.260. The Bertz CT molecular complexity index is 493. The molecule has 1 aromatic carbocycles. The molecule has 0 bridgehead atoms. The Labute approximate surface area is 121 Å². The van der Waals surface area contributed by atoms with Gasteiger partial charge in [0.15, 0.2) is 5.17 Å². The number of rotatable bonds is 1. The van der Waals surface area contributed by atoms with Crippen LogP contribution in [0.25, 0.3) is 0 Å². The lowest BCUT2D eigenvalue weighted by atomic mass is 10.0. The molecule has 0 aromatic heterocycles. The Kier molecular flexibility index (Phi) is 3.41. The zero-order valence-electron chi connectivity index (χ0n) is 10.5. The van der Waals surface area contributed by atoms with Crippen molar-refractivity contribution >= 4 is 38.5 Å². The highest BCUT2D eigenvalue weighted by Crippen LogP contribution is 2.41. The number of anilines is 1. The zero-order chi connectivity index (χ0) is 12.6.